The van der Waals surface area contributed by atoms with E-state index in [1.807, 2.05) is 13.8 Å². The Balaban J connectivity index is 1.53. The first-order chi connectivity index (χ1) is 13.3. The predicted molar refractivity (Wildman–Crippen MR) is 101 cm³/mol. The van der Waals surface area contributed by atoms with E-state index < -0.39 is 16.1 Å². The van der Waals surface area contributed by atoms with Gasteiger partial charge in [0.15, 0.2) is 5.76 Å². The zero-order valence-corrected chi connectivity index (χ0v) is 17.0. The summed E-state index contributed by atoms with van der Waals surface area (Å²) < 4.78 is 37.2. The number of amides is 2. The quantitative estimate of drug-likeness (QED) is 0.725. The van der Waals surface area contributed by atoms with Crippen LogP contribution in [0.15, 0.2) is 22.8 Å². The van der Waals surface area contributed by atoms with Crippen molar-refractivity contribution < 1.29 is 27.2 Å². The lowest BCUT2D eigenvalue weighted by atomic mass is 10.2. The highest BCUT2D eigenvalue weighted by Gasteiger charge is 2.36. The molecular formula is C18H27N3O6S. The number of hydrogen-bond donors (Lipinski definition) is 1. The minimum atomic E-state index is -3.49. The van der Waals surface area contributed by atoms with E-state index in [1.165, 1.54) is 15.5 Å². The van der Waals surface area contributed by atoms with Crippen LogP contribution in [0.5, 0.6) is 0 Å². The molecule has 0 bridgehead atoms. The second kappa shape index (κ2) is 8.62. The second-order valence-electron chi connectivity index (χ2n) is 7.32. The van der Waals surface area contributed by atoms with E-state index in [9.17, 15) is 18.0 Å². The number of likely N-dealkylation sites (tertiary alicyclic amines) is 1. The minimum Gasteiger partial charge on any atom is -0.459 e. The third-order valence-electron chi connectivity index (χ3n) is 4.99. The maximum absolute atomic E-state index is 12.5. The van der Waals surface area contributed by atoms with Gasteiger partial charge in [-0.3, -0.25) is 9.59 Å². The molecule has 1 aromatic rings. The third kappa shape index (κ3) is 4.73. The van der Waals surface area contributed by atoms with Gasteiger partial charge in [0.05, 0.1) is 24.2 Å². The molecule has 2 amide bonds. The highest BCUT2D eigenvalue weighted by Crippen LogP contribution is 2.20. The summed E-state index contributed by atoms with van der Waals surface area (Å²) in [6, 6.07) is 2.58. The fourth-order valence-electron chi connectivity index (χ4n) is 3.73. The Kier molecular flexibility index (Phi) is 6.41. The van der Waals surface area contributed by atoms with Crippen LogP contribution < -0.4 is 5.32 Å². The van der Waals surface area contributed by atoms with Gasteiger partial charge in [0.2, 0.25) is 15.9 Å². The summed E-state index contributed by atoms with van der Waals surface area (Å²) in [5, 5.41) is 2.67. The molecule has 1 N–H and O–H groups in total. The van der Waals surface area contributed by atoms with E-state index >= 15 is 0 Å². The van der Waals surface area contributed by atoms with E-state index in [4.69, 9.17) is 9.15 Å². The standard InChI is InChI=1S/C18H27N3O6S/c1-13-11-20(12-14(2)27-13)28(24,25)10-7-19-17(22)15-5-3-8-21(15)18(23)16-6-4-9-26-16/h4,6,9,13-15H,3,5,7-8,10-12H2,1-2H3,(H,19,22)/t13?,14?,15-/m0/s1. The smallest absolute Gasteiger partial charge is 0.290 e. The SMILES string of the molecule is CC1CN(S(=O)(=O)CCNC(=O)[C@@H]2CCCN2C(=O)c2ccco2)CC(C)O1. The van der Waals surface area contributed by atoms with E-state index in [-0.39, 0.29) is 42.1 Å². The molecule has 2 unspecified atom stereocenters. The summed E-state index contributed by atoms with van der Waals surface area (Å²) in [6.07, 6.45) is 2.35. The van der Waals surface area contributed by atoms with Crippen molar-refractivity contribution in [1.29, 1.82) is 0 Å². The van der Waals surface area contributed by atoms with Gasteiger partial charge in [-0.1, -0.05) is 0 Å². The number of nitrogens with one attached hydrogen (secondary N) is 1. The van der Waals surface area contributed by atoms with Crippen LogP contribution in [0.2, 0.25) is 0 Å². The first-order valence-electron chi connectivity index (χ1n) is 9.53. The molecule has 0 spiro atoms. The molecule has 0 aromatic carbocycles. The summed E-state index contributed by atoms with van der Waals surface area (Å²) >= 11 is 0. The van der Waals surface area contributed by atoms with Gasteiger partial charge >= 0.3 is 0 Å². The van der Waals surface area contributed by atoms with Crippen molar-refractivity contribution in [3.05, 3.63) is 24.2 Å². The van der Waals surface area contributed by atoms with Crippen molar-refractivity contribution in [3.8, 4) is 0 Å². The van der Waals surface area contributed by atoms with Gasteiger partial charge in [-0.2, -0.15) is 4.31 Å². The normalized spacial score (nSPS) is 26.4. The molecule has 2 fully saturated rings. The number of furan rings is 1. The monoisotopic (exact) mass is 413 g/mol. The van der Waals surface area contributed by atoms with Gasteiger partial charge in [-0.25, -0.2) is 8.42 Å². The van der Waals surface area contributed by atoms with Crippen molar-refractivity contribution in [1.82, 2.24) is 14.5 Å². The number of nitrogens with zero attached hydrogens (tertiary/aromatic N) is 2. The van der Waals surface area contributed by atoms with Crippen molar-refractivity contribution in [2.24, 2.45) is 0 Å². The number of morpholine rings is 1. The molecule has 9 nitrogen and oxygen atoms in total. The van der Waals surface area contributed by atoms with Crippen LogP contribution >= 0.6 is 0 Å². The largest absolute Gasteiger partial charge is 0.459 e. The Morgan fingerprint density at radius 2 is 1.96 bits per heavy atom. The van der Waals surface area contributed by atoms with Crippen LogP contribution in [0.25, 0.3) is 0 Å². The van der Waals surface area contributed by atoms with Gasteiger partial charge < -0.3 is 19.4 Å². The molecule has 3 heterocycles. The summed E-state index contributed by atoms with van der Waals surface area (Å²) in [4.78, 5) is 26.5. The van der Waals surface area contributed by atoms with E-state index in [0.717, 1.165) is 0 Å². The lowest BCUT2D eigenvalue weighted by Crippen LogP contribution is -2.50. The zero-order valence-electron chi connectivity index (χ0n) is 16.2. The van der Waals surface area contributed by atoms with Crippen LogP contribution in [0.1, 0.15) is 37.2 Å². The summed E-state index contributed by atoms with van der Waals surface area (Å²) in [6.45, 7) is 4.78. The highest BCUT2D eigenvalue weighted by atomic mass is 32.2. The molecule has 3 atom stereocenters. The van der Waals surface area contributed by atoms with E-state index in [1.54, 1.807) is 12.1 Å². The summed E-state index contributed by atoms with van der Waals surface area (Å²) in [7, 11) is -3.49. The summed E-state index contributed by atoms with van der Waals surface area (Å²) in [5.41, 5.74) is 0. The molecule has 28 heavy (non-hydrogen) atoms. The first kappa shape index (κ1) is 20.8. The second-order valence-corrected chi connectivity index (χ2v) is 9.40. The van der Waals surface area contributed by atoms with Crippen LogP contribution in [0.3, 0.4) is 0 Å². The highest BCUT2D eigenvalue weighted by molar-refractivity contribution is 7.89. The third-order valence-corrected chi connectivity index (χ3v) is 6.79. The molecule has 2 aliphatic rings. The van der Waals surface area contributed by atoms with Gasteiger partial charge in [-0.15, -0.1) is 0 Å². The Hall–Kier alpha value is -1.91. The Morgan fingerprint density at radius 1 is 1.25 bits per heavy atom. The maximum Gasteiger partial charge on any atom is 0.290 e. The van der Waals surface area contributed by atoms with Crippen molar-refractivity contribution in [3.63, 3.8) is 0 Å². The van der Waals surface area contributed by atoms with E-state index in [0.29, 0.717) is 32.5 Å². The molecule has 3 rings (SSSR count). The van der Waals surface area contributed by atoms with Gasteiger partial charge in [0, 0.05) is 26.2 Å². The molecular weight excluding hydrogens is 386 g/mol. The molecule has 2 aliphatic heterocycles. The van der Waals surface area contributed by atoms with Crippen LogP contribution in [0, 0.1) is 0 Å². The lowest BCUT2D eigenvalue weighted by Gasteiger charge is -2.34. The molecule has 2 saturated heterocycles. The predicted octanol–water partition coefficient (Wildman–Crippen LogP) is 0.439. The van der Waals surface area contributed by atoms with Gasteiger partial charge in [0.25, 0.3) is 5.91 Å². The number of ether oxygens (including phenoxy) is 1. The average Bonchev–Trinajstić information content (AvgIpc) is 3.32. The number of carbonyl (C=O) groups excluding carboxylic acids is 2. The summed E-state index contributed by atoms with van der Waals surface area (Å²) in [5.74, 6) is -0.655. The first-order valence-corrected chi connectivity index (χ1v) is 11.1. The fourth-order valence-corrected chi connectivity index (χ4v) is 5.22. The number of carbonyl (C=O) groups is 2. The van der Waals surface area contributed by atoms with E-state index in [2.05, 4.69) is 5.32 Å². The average molecular weight is 413 g/mol. The molecule has 156 valence electrons. The number of rotatable bonds is 6. The fraction of sp³-hybridized carbons (Fsp3) is 0.667. The Labute approximate surface area is 165 Å². The minimum absolute atomic E-state index is 0.000564. The molecule has 1 aromatic heterocycles. The zero-order chi connectivity index (χ0) is 20.3. The lowest BCUT2D eigenvalue weighted by molar-refractivity contribution is -0.124. The number of sulfonamides is 1. The molecule has 0 aliphatic carbocycles. The maximum atomic E-state index is 12.5. The van der Waals surface area contributed by atoms with Crippen molar-refractivity contribution >= 4 is 21.8 Å². The van der Waals surface area contributed by atoms with Gasteiger partial charge in [-0.05, 0) is 38.8 Å². The Bertz CT molecular complexity index is 784. The van der Waals surface area contributed by atoms with Crippen LogP contribution in [0.4, 0.5) is 0 Å². The Morgan fingerprint density at radius 3 is 2.61 bits per heavy atom. The van der Waals surface area contributed by atoms with Crippen molar-refractivity contribution in [2.45, 2.75) is 44.9 Å². The molecule has 0 radical (unpaired) electrons. The molecule has 10 heteroatoms. The molecule has 0 saturated carbocycles. The van der Waals surface area contributed by atoms with Crippen LogP contribution in [-0.4, -0.2) is 79.6 Å². The van der Waals surface area contributed by atoms with Gasteiger partial charge in [0.1, 0.15) is 6.04 Å². The number of hydrogen-bond acceptors (Lipinski definition) is 6. The topological polar surface area (TPSA) is 109 Å². The van der Waals surface area contributed by atoms with Crippen LogP contribution in [-0.2, 0) is 19.6 Å². The van der Waals surface area contributed by atoms with Crippen molar-refractivity contribution in [2.75, 3.05) is 31.9 Å².